The minimum Gasteiger partial charge on any atom is -0.390 e. The third-order valence-corrected chi connectivity index (χ3v) is 3.72. The first-order valence-electron chi connectivity index (χ1n) is 7.59. The SMILES string of the molecule is CCCOCC(O)Cc1ccn(C2CCCCC2)n1. The van der Waals surface area contributed by atoms with E-state index in [1.165, 1.54) is 32.1 Å². The summed E-state index contributed by atoms with van der Waals surface area (Å²) in [5, 5.41) is 14.5. The van der Waals surface area contributed by atoms with Gasteiger partial charge in [-0.15, -0.1) is 0 Å². The van der Waals surface area contributed by atoms with Crippen LogP contribution in [0, 0.1) is 0 Å². The van der Waals surface area contributed by atoms with Crippen LogP contribution in [0.4, 0.5) is 0 Å². The molecule has 0 saturated heterocycles. The van der Waals surface area contributed by atoms with Gasteiger partial charge in [0.1, 0.15) is 0 Å². The van der Waals surface area contributed by atoms with Crippen LogP contribution < -0.4 is 0 Å². The van der Waals surface area contributed by atoms with Gasteiger partial charge in [-0.25, -0.2) is 0 Å². The zero-order valence-corrected chi connectivity index (χ0v) is 11.9. The molecule has 1 aromatic rings. The lowest BCUT2D eigenvalue weighted by Gasteiger charge is -2.21. The number of hydrogen-bond donors (Lipinski definition) is 1. The zero-order chi connectivity index (χ0) is 13.5. The van der Waals surface area contributed by atoms with E-state index >= 15 is 0 Å². The Balaban J connectivity index is 1.79. The van der Waals surface area contributed by atoms with Gasteiger partial charge in [-0.3, -0.25) is 4.68 Å². The number of ether oxygens (including phenoxy) is 1. The fourth-order valence-corrected chi connectivity index (χ4v) is 2.70. The second-order valence-electron chi connectivity index (χ2n) is 5.51. The van der Waals surface area contributed by atoms with Gasteiger partial charge in [0, 0.05) is 19.2 Å². The first-order valence-corrected chi connectivity index (χ1v) is 7.59. The number of aliphatic hydroxyl groups is 1. The van der Waals surface area contributed by atoms with Crippen LogP contribution in [0.1, 0.15) is 57.2 Å². The van der Waals surface area contributed by atoms with Gasteiger partial charge in [-0.05, 0) is 25.3 Å². The Morgan fingerprint density at radius 2 is 2.21 bits per heavy atom. The summed E-state index contributed by atoms with van der Waals surface area (Å²) >= 11 is 0. The fourth-order valence-electron chi connectivity index (χ4n) is 2.70. The first-order chi connectivity index (χ1) is 9.29. The summed E-state index contributed by atoms with van der Waals surface area (Å²) in [6, 6.07) is 2.59. The molecule has 0 aliphatic heterocycles. The third kappa shape index (κ3) is 4.62. The maximum atomic E-state index is 9.87. The Morgan fingerprint density at radius 3 is 2.95 bits per heavy atom. The molecule has 2 rings (SSSR count). The standard InChI is InChI=1S/C15H26N2O2/c1-2-10-19-12-15(18)11-13-8-9-17(16-13)14-6-4-3-5-7-14/h8-9,14-15,18H,2-7,10-12H2,1H3. The molecule has 4 heteroatoms. The van der Waals surface area contributed by atoms with Gasteiger partial charge in [-0.2, -0.15) is 5.10 Å². The zero-order valence-electron chi connectivity index (χ0n) is 11.9. The number of aliphatic hydroxyl groups excluding tert-OH is 1. The molecule has 1 aromatic heterocycles. The lowest BCUT2D eigenvalue weighted by molar-refractivity contribution is 0.0368. The van der Waals surface area contributed by atoms with Gasteiger partial charge in [0.25, 0.3) is 0 Å². The van der Waals surface area contributed by atoms with Crippen molar-refractivity contribution in [2.24, 2.45) is 0 Å². The van der Waals surface area contributed by atoms with Crippen molar-refractivity contribution < 1.29 is 9.84 Å². The topological polar surface area (TPSA) is 47.3 Å². The average Bonchev–Trinajstić information content (AvgIpc) is 2.88. The van der Waals surface area contributed by atoms with Gasteiger partial charge >= 0.3 is 0 Å². The van der Waals surface area contributed by atoms with E-state index < -0.39 is 6.10 Å². The molecule has 1 fully saturated rings. The molecule has 1 aliphatic rings. The van der Waals surface area contributed by atoms with Gasteiger partial charge in [0.2, 0.25) is 0 Å². The minimum absolute atomic E-state index is 0.407. The maximum Gasteiger partial charge on any atom is 0.0829 e. The largest absolute Gasteiger partial charge is 0.390 e. The smallest absolute Gasteiger partial charge is 0.0829 e. The Bertz CT molecular complexity index is 359. The van der Waals surface area contributed by atoms with E-state index in [1.54, 1.807) is 0 Å². The normalized spacial score (nSPS) is 18.6. The second kappa shape index (κ2) is 7.65. The lowest BCUT2D eigenvalue weighted by atomic mass is 9.96. The van der Waals surface area contributed by atoms with E-state index in [0.29, 0.717) is 25.7 Å². The second-order valence-corrected chi connectivity index (χ2v) is 5.51. The summed E-state index contributed by atoms with van der Waals surface area (Å²) in [6.45, 7) is 3.19. The van der Waals surface area contributed by atoms with Crippen molar-refractivity contribution in [3.8, 4) is 0 Å². The summed E-state index contributed by atoms with van der Waals surface area (Å²) in [4.78, 5) is 0. The maximum absolute atomic E-state index is 9.87. The highest BCUT2D eigenvalue weighted by atomic mass is 16.5. The van der Waals surface area contributed by atoms with E-state index in [4.69, 9.17) is 4.74 Å². The van der Waals surface area contributed by atoms with Crippen molar-refractivity contribution in [2.75, 3.05) is 13.2 Å². The van der Waals surface area contributed by atoms with E-state index in [0.717, 1.165) is 12.1 Å². The minimum atomic E-state index is -0.443. The Morgan fingerprint density at radius 1 is 1.42 bits per heavy atom. The molecule has 4 nitrogen and oxygen atoms in total. The molecule has 1 unspecified atom stereocenters. The van der Waals surface area contributed by atoms with Crippen molar-refractivity contribution in [1.82, 2.24) is 9.78 Å². The highest BCUT2D eigenvalue weighted by molar-refractivity contribution is 5.01. The van der Waals surface area contributed by atoms with Crippen molar-refractivity contribution in [2.45, 2.75) is 64.0 Å². The predicted molar refractivity (Wildman–Crippen MR) is 75.2 cm³/mol. The molecule has 1 aliphatic carbocycles. The van der Waals surface area contributed by atoms with Crippen molar-refractivity contribution in [3.63, 3.8) is 0 Å². The molecule has 0 bridgehead atoms. The van der Waals surface area contributed by atoms with Gasteiger partial charge < -0.3 is 9.84 Å². The third-order valence-electron chi connectivity index (χ3n) is 3.72. The van der Waals surface area contributed by atoms with Crippen LogP contribution in [0.3, 0.4) is 0 Å². The van der Waals surface area contributed by atoms with Crippen LogP contribution in [0.2, 0.25) is 0 Å². The molecule has 1 N–H and O–H groups in total. The van der Waals surface area contributed by atoms with E-state index in [-0.39, 0.29) is 0 Å². The van der Waals surface area contributed by atoms with Crippen LogP contribution >= 0.6 is 0 Å². The molecule has 19 heavy (non-hydrogen) atoms. The van der Waals surface area contributed by atoms with Crippen molar-refractivity contribution in [3.05, 3.63) is 18.0 Å². The number of nitrogens with zero attached hydrogens (tertiary/aromatic N) is 2. The van der Waals surface area contributed by atoms with Crippen molar-refractivity contribution >= 4 is 0 Å². The van der Waals surface area contributed by atoms with E-state index in [2.05, 4.69) is 22.9 Å². The van der Waals surface area contributed by atoms with Crippen LogP contribution in [-0.4, -0.2) is 34.2 Å². The van der Waals surface area contributed by atoms with Crippen LogP contribution in [-0.2, 0) is 11.2 Å². The average molecular weight is 266 g/mol. The van der Waals surface area contributed by atoms with Gasteiger partial charge in [0.15, 0.2) is 0 Å². The first kappa shape index (κ1) is 14.5. The summed E-state index contributed by atoms with van der Waals surface area (Å²) < 4.78 is 7.45. The molecule has 1 saturated carbocycles. The molecular formula is C15H26N2O2. The summed E-state index contributed by atoms with van der Waals surface area (Å²) in [7, 11) is 0. The molecule has 1 heterocycles. The number of hydrogen-bond acceptors (Lipinski definition) is 3. The van der Waals surface area contributed by atoms with Crippen LogP contribution in [0.15, 0.2) is 12.3 Å². The Hall–Kier alpha value is -0.870. The fraction of sp³-hybridized carbons (Fsp3) is 0.800. The molecular weight excluding hydrogens is 240 g/mol. The van der Waals surface area contributed by atoms with Crippen LogP contribution in [0.5, 0.6) is 0 Å². The number of aromatic nitrogens is 2. The Labute approximate surface area is 115 Å². The molecule has 0 amide bonds. The Kier molecular flexibility index (Phi) is 5.86. The van der Waals surface area contributed by atoms with E-state index in [1.807, 2.05) is 6.07 Å². The van der Waals surface area contributed by atoms with Crippen LogP contribution in [0.25, 0.3) is 0 Å². The summed E-state index contributed by atoms with van der Waals surface area (Å²) in [6.07, 6.45) is 9.66. The molecule has 0 aromatic carbocycles. The molecule has 0 spiro atoms. The molecule has 1 atom stereocenters. The van der Waals surface area contributed by atoms with Gasteiger partial charge in [0.05, 0.1) is 24.4 Å². The van der Waals surface area contributed by atoms with Gasteiger partial charge in [-0.1, -0.05) is 26.2 Å². The van der Waals surface area contributed by atoms with E-state index in [9.17, 15) is 5.11 Å². The number of rotatable bonds is 7. The quantitative estimate of drug-likeness (QED) is 0.772. The lowest BCUT2D eigenvalue weighted by Crippen LogP contribution is -2.19. The molecule has 0 radical (unpaired) electrons. The molecule has 108 valence electrons. The van der Waals surface area contributed by atoms with Crippen molar-refractivity contribution in [1.29, 1.82) is 0 Å². The summed E-state index contributed by atoms with van der Waals surface area (Å²) in [5.74, 6) is 0. The highest BCUT2D eigenvalue weighted by Crippen LogP contribution is 2.27. The summed E-state index contributed by atoms with van der Waals surface area (Å²) in [5.41, 5.74) is 0.971. The highest BCUT2D eigenvalue weighted by Gasteiger charge is 2.16. The monoisotopic (exact) mass is 266 g/mol. The predicted octanol–water partition coefficient (Wildman–Crippen LogP) is 2.72.